The lowest BCUT2D eigenvalue weighted by Gasteiger charge is -2.32. The van der Waals surface area contributed by atoms with E-state index in [1.54, 1.807) is 12.1 Å². The molecule has 1 aliphatic carbocycles. The number of amides is 2. The van der Waals surface area contributed by atoms with E-state index in [0.717, 1.165) is 59.7 Å². The minimum atomic E-state index is -0.372. The Morgan fingerprint density at radius 3 is 2.49 bits per heavy atom. The summed E-state index contributed by atoms with van der Waals surface area (Å²) in [5, 5.41) is 8.15. The van der Waals surface area contributed by atoms with Crippen LogP contribution in [0.5, 0.6) is 0 Å². The van der Waals surface area contributed by atoms with Gasteiger partial charge in [-0.25, -0.2) is 13.9 Å². The van der Waals surface area contributed by atoms with Gasteiger partial charge < -0.3 is 14.8 Å². The molecule has 6 nitrogen and oxygen atoms in total. The van der Waals surface area contributed by atoms with Crippen molar-refractivity contribution in [2.75, 3.05) is 0 Å². The number of nitrogens with one attached hydrogen (secondary N) is 1. The van der Waals surface area contributed by atoms with E-state index in [1.165, 1.54) is 12.1 Å². The standard InChI is InChI=1S/C28H28FN5O/c1-19-24-18-33(28(35)30-22-8-5-6-9-22)26(20-13-15-21(29)16-14-20)25-12-7-17-32(25)27(24)34(31-19)23-10-3-2-4-11-23/h2-4,7,10-17,22,26H,5-6,8-9,18H2,1H3,(H,30,35). The first-order chi connectivity index (χ1) is 17.1. The summed E-state index contributed by atoms with van der Waals surface area (Å²) in [5.41, 5.74) is 4.64. The van der Waals surface area contributed by atoms with Gasteiger partial charge in [0.25, 0.3) is 0 Å². The summed E-state index contributed by atoms with van der Waals surface area (Å²) in [5.74, 6) is 0.635. The molecule has 6 rings (SSSR count). The summed E-state index contributed by atoms with van der Waals surface area (Å²) in [6.45, 7) is 2.39. The number of nitrogens with zero attached hydrogens (tertiary/aromatic N) is 4. The molecule has 1 aliphatic heterocycles. The van der Waals surface area contributed by atoms with Crippen molar-refractivity contribution in [3.05, 3.63) is 101 Å². The average Bonchev–Trinajstić information content (AvgIpc) is 3.60. The molecule has 2 amide bonds. The fourth-order valence-corrected chi connectivity index (χ4v) is 5.47. The molecule has 2 aromatic carbocycles. The van der Waals surface area contributed by atoms with E-state index in [-0.39, 0.29) is 23.9 Å². The van der Waals surface area contributed by atoms with Crippen LogP contribution in [0.25, 0.3) is 11.5 Å². The topological polar surface area (TPSA) is 55.1 Å². The lowest BCUT2D eigenvalue weighted by atomic mass is 10.0. The van der Waals surface area contributed by atoms with Gasteiger partial charge in [-0.1, -0.05) is 43.2 Å². The maximum absolute atomic E-state index is 13.8. The second kappa shape index (κ2) is 8.73. The van der Waals surface area contributed by atoms with Crippen molar-refractivity contribution in [3.8, 4) is 11.5 Å². The summed E-state index contributed by atoms with van der Waals surface area (Å²) < 4.78 is 17.9. The van der Waals surface area contributed by atoms with Crippen molar-refractivity contribution in [1.82, 2.24) is 24.6 Å². The molecule has 2 aromatic heterocycles. The van der Waals surface area contributed by atoms with Crippen LogP contribution in [0.15, 0.2) is 72.9 Å². The van der Waals surface area contributed by atoms with Gasteiger partial charge in [0.2, 0.25) is 0 Å². The Morgan fingerprint density at radius 1 is 1.00 bits per heavy atom. The number of hydrogen-bond donors (Lipinski definition) is 1. The van der Waals surface area contributed by atoms with E-state index in [0.29, 0.717) is 6.54 Å². The third-order valence-corrected chi connectivity index (χ3v) is 7.22. The van der Waals surface area contributed by atoms with Gasteiger partial charge in [-0.15, -0.1) is 0 Å². The fourth-order valence-electron chi connectivity index (χ4n) is 5.47. The Labute approximate surface area is 204 Å². The van der Waals surface area contributed by atoms with E-state index >= 15 is 0 Å². The third kappa shape index (κ3) is 3.81. The number of rotatable bonds is 3. The lowest BCUT2D eigenvalue weighted by molar-refractivity contribution is 0.176. The molecule has 4 aromatic rings. The molecule has 178 valence electrons. The highest BCUT2D eigenvalue weighted by atomic mass is 19.1. The first kappa shape index (κ1) is 21.6. The van der Waals surface area contributed by atoms with Gasteiger partial charge in [-0.2, -0.15) is 5.10 Å². The Bertz CT molecular complexity index is 1350. The largest absolute Gasteiger partial charge is 0.335 e. The molecular formula is C28H28FN5O. The number of halogens is 1. The molecule has 3 heterocycles. The zero-order valence-electron chi connectivity index (χ0n) is 19.7. The highest BCUT2D eigenvalue weighted by Crippen LogP contribution is 2.38. The van der Waals surface area contributed by atoms with Crippen molar-refractivity contribution in [2.45, 2.75) is 51.2 Å². The molecule has 0 saturated heterocycles. The third-order valence-electron chi connectivity index (χ3n) is 7.22. The number of para-hydroxylation sites is 1. The molecule has 35 heavy (non-hydrogen) atoms. The summed E-state index contributed by atoms with van der Waals surface area (Å²) in [7, 11) is 0. The van der Waals surface area contributed by atoms with Gasteiger partial charge >= 0.3 is 6.03 Å². The molecule has 0 bridgehead atoms. The number of fused-ring (bicyclic) bond motifs is 3. The maximum atomic E-state index is 13.8. The van der Waals surface area contributed by atoms with Crippen molar-refractivity contribution in [2.24, 2.45) is 0 Å². The summed E-state index contributed by atoms with van der Waals surface area (Å²) in [6.07, 6.45) is 6.31. The fraction of sp³-hybridized carbons (Fsp3) is 0.286. The van der Waals surface area contributed by atoms with Gasteiger partial charge in [-0.3, -0.25) is 0 Å². The molecule has 1 unspecified atom stereocenters. The van der Waals surface area contributed by atoms with Crippen LogP contribution in [0.3, 0.4) is 0 Å². The van der Waals surface area contributed by atoms with Crippen LogP contribution in [0.1, 0.15) is 54.2 Å². The summed E-state index contributed by atoms with van der Waals surface area (Å²) in [4.78, 5) is 15.7. The van der Waals surface area contributed by atoms with E-state index in [2.05, 4.69) is 9.88 Å². The summed E-state index contributed by atoms with van der Waals surface area (Å²) >= 11 is 0. The number of carbonyl (C=O) groups is 1. The molecule has 1 fully saturated rings. The predicted octanol–water partition coefficient (Wildman–Crippen LogP) is 5.67. The van der Waals surface area contributed by atoms with Crippen LogP contribution in [0.2, 0.25) is 0 Å². The minimum Gasteiger partial charge on any atom is -0.335 e. The van der Waals surface area contributed by atoms with Crippen molar-refractivity contribution >= 4 is 6.03 Å². The quantitative estimate of drug-likeness (QED) is 0.420. The number of aryl methyl sites for hydroxylation is 1. The number of benzene rings is 2. The highest BCUT2D eigenvalue weighted by molar-refractivity contribution is 5.76. The highest BCUT2D eigenvalue weighted by Gasteiger charge is 2.36. The Morgan fingerprint density at radius 2 is 1.74 bits per heavy atom. The molecule has 0 spiro atoms. The van der Waals surface area contributed by atoms with Crippen LogP contribution in [0, 0.1) is 12.7 Å². The minimum absolute atomic E-state index is 0.0984. The number of hydrogen-bond acceptors (Lipinski definition) is 2. The number of aromatic nitrogens is 3. The van der Waals surface area contributed by atoms with Crippen molar-refractivity contribution < 1.29 is 9.18 Å². The lowest BCUT2D eigenvalue weighted by Crippen LogP contribution is -2.45. The second-order valence-corrected chi connectivity index (χ2v) is 9.45. The van der Waals surface area contributed by atoms with Crippen LogP contribution in [-0.4, -0.2) is 31.3 Å². The molecular weight excluding hydrogens is 441 g/mol. The molecule has 0 radical (unpaired) electrons. The monoisotopic (exact) mass is 469 g/mol. The maximum Gasteiger partial charge on any atom is 0.318 e. The van der Waals surface area contributed by atoms with Gasteiger partial charge in [0.05, 0.1) is 29.7 Å². The van der Waals surface area contributed by atoms with Gasteiger partial charge in [0.15, 0.2) is 0 Å². The van der Waals surface area contributed by atoms with Crippen LogP contribution in [0.4, 0.5) is 9.18 Å². The number of urea groups is 1. The zero-order valence-corrected chi connectivity index (χ0v) is 19.7. The Kier molecular flexibility index (Phi) is 5.40. The van der Waals surface area contributed by atoms with Gasteiger partial charge in [-0.05, 0) is 61.7 Å². The molecule has 1 saturated carbocycles. The smallest absolute Gasteiger partial charge is 0.318 e. The zero-order chi connectivity index (χ0) is 23.9. The van der Waals surface area contributed by atoms with Crippen molar-refractivity contribution in [1.29, 1.82) is 0 Å². The van der Waals surface area contributed by atoms with E-state index in [1.807, 2.05) is 65.2 Å². The van der Waals surface area contributed by atoms with Gasteiger partial charge in [0, 0.05) is 17.8 Å². The first-order valence-corrected chi connectivity index (χ1v) is 12.2. The molecule has 1 N–H and O–H groups in total. The van der Waals surface area contributed by atoms with E-state index in [4.69, 9.17) is 5.10 Å². The Hall–Kier alpha value is -3.87. The molecule has 1 atom stereocenters. The first-order valence-electron chi connectivity index (χ1n) is 12.2. The van der Waals surface area contributed by atoms with Gasteiger partial charge in [0.1, 0.15) is 11.6 Å². The van der Waals surface area contributed by atoms with E-state index in [9.17, 15) is 9.18 Å². The van der Waals surface area contributed by atoms with Crippen LogP contribution < -0.4 is 5.32 Å². The van der Waals surface area contributed by atoms with E-state index < -0.39 is 0 Å². The molecule has 2 aliphatic rings. The SMILES string of the molecule is Cc1nn(-c2ccccc2)c2c1CN(C(=O)NC1CCCC1)C(c1ccc(F)cc1)c1cccn1-2. The average molecular weight is 470 g/mol. The Balaban J connectivity index is 1.53. The predicted molar refractivity (Wildman–Crippen MR) is 132 cm³/mol. The second-order valence-electron chi connectivity index (χ2n) is 9.45. The molecule has 7 heteroatoms. The van der Waals surface area contributed by atoms with Crippen molar-refractivity contribution in [3.63, 3.8) is 0 Å². The normalized spacial score (nSPS) is 17.7. The van der Waals surface area contributed by atoms with Crippen LogP contribution >= 0.6 is 0 Å². The van der Waals surface area contributed by atoms with Crippen LogP contribution in [-0.2, 0) is 6.54 Å². The summed E-state index contributed by atoms with van der Waals surface area (Å²) in [6, 6.07) is 20.3. The number of carbonyl (C=O) groups excluding carboxylic acids is 1.